The zero-order valence-electron chi connectivity index (χ0n) is 12.0. The lowest BCUT2D eigenvalue weighted by molar-refractivity contribution is 0.325. The molecule has 2 aliphatic rings. The van der Waals surface area contributed by atoms with Crippen molar-refractivity contribution >= 4 is 5.69 Å². The number of para-hydroxylation sites is 1. The van der Waals surface area contributed by atoms with Gasteiger partial charge >= 0.3 is 0 Å². The van der Waals surface area contributed by atoms with Gasteiger partial charge < -0.3 is 10.6 Å². The van der Waals surface area contributed by atoms with E-state index in [1.54, 1.807) is 0 Å². The molecule has 2 nitrogen and oxygen atoms in total. The highest BCUT2D eigenvalue weighted by molar-refractivity contribution is 5.56. The summed E-state index contributed by atoms with van der Waals surface area (Å²) in [6, 6.07) is 10.5. The molecule has 2 N–H and O–H groups in total. The summed E-state index contributed by atoms with van der Waals surface area (Å²) in [5.41, 5.74) is 8.76. The first-order chi connectivity index (χ1) is 9.33. The molecular formula is C17H26N2. The number of hydrogen-bond acceptors (Lipinski definition) is 2. The van der Waals surface area contributed by atoms with Gasteiger partial charge in [-0.3, -0.25) is 0 Å². The van der Waals surface area contributed by atoms with Crippen molar-refractivity contribution in [2.75, 3.05) is 11.4 Å². The Hall–Kier alpha value is -1.02. The maximum atomic E-state index is 5.75. The Labute approximate surface area is 117 Å². The van der Waals surface area contributed by atoms with Gasteiger partial charge in [0.25, 0.3) is 0 Å². The summed E-state index contributed by atoms with van der Waals surface area (Å²) in [5, 5.41) is 0. The second-order valence-corrected chi connectivity index (χ2v) is 6.19. The zero-order valence-corrected chi connectivity index (χ0v) is 12.0. The van der Waals surface area contributed by atoms with E-state index >= 15 is 0 Å². The number of fused-ring (bicyclic) bond motifs is 2. The fraction of sp³-hybridized carbons (Fsp3) is 0.647. The second kappa shape index (κ2) is 5.54. The van der Waals surface area contributed by atoms with Crippen LogP contribution in [0.3, 0.4) is 0 Å². The highest BCUT2D eigenvalue weighted by Gasteiger charge is 2.40. The minimum Gasteiger partial charge on any atom is -0.365 e. The zero-order chi connectivity index (χ0) is 13.2. The minimum atomic E-state index is 0.767. The molecule has 2 atom stereocenters. The molecule has 19 heavy (non-hydrogen) atoms. The summed E-state index contributed by atoms with van der Waals surface area (Å²) in [7, 11) is 0. The summed E-state index contributed by atoms with van der Waals surface area (Å²) < 4.78 is 0. The number of nitrogens with two attached hydrogens (primary N) is 1. The normalized spacial score (nSPS) is 29.8. The van der Waals surface area contributed by atoms with Gasteiger partial charge in [-0.2, -0.15) is 0 Å². The highest BCUT2D eigenvalue weighted by atomic mass is 15.2. The third kappa shape index (κ3) is 2.38. The van der Waals surface area contributed by atoms with E-state index in [9.17, 15) is 0 Å². The van der Waals surface area contributed by atoms with Crippen LogP contribution in [-0.2, 0) is 6.42 Å². The van der Waals surface area contributed by atoms with Crippen LogP contribution in [0.2, 0.25) is 0 Å². The summed E-state index contributed by atoms with van der Waals surface area (Å²) in [4.78, 5) is 2.74. The Kier molecular flexibility index (Phi) is 3.79. The van der Waals surface area contributed by atoms with Crippen LogP contribution in [-0.4, -0.2) is 18.6 Å². The lowest BCUT2D eigenvalue weighted by Gasteiger charge is -2.41. The molecule has 2 fully saturated rings. The Bertz CT molecular complexity index is 415. The smallest absolute Gasteiger partial charge is 0.0403 e. The third-order valence-electron chi connectivity index (χ3n) is 5.06. The first kappa shape index (κ1) is 13.0. The van der Waals surface area contributed by atoms with Crippen molar-refractivity contribution in [3.8, 4) is 0 Å². The Morgan fingerprint density at radius 2 is 1.84 bits per heavy atom. The summed E-state index contributed by atoms with van der Waals surface area (Å²) >= 11 is 0. The Morgan fingerprint density at radius 1 is 1.16 bits per heavy atom. The standard InChI is InChI=1S/C17H26N2/c1-2-14-5-3-4-6-17(14)19-15-7-8-16(19)12-13(11-15)9-10-18/h3-6,13,15-16H,2,7-12,18H2,1H3. The summed E-state index contributed by atoms with van der Waals surface area (Å²) in [5.74, 6) is 0.868. The molecule has 0 amide bonds. The predicted molar refractivity (Wildman–Crippen MR) is 81.5 cm³/mol. The van der Waals surface area contributed by atoms with Gasteiger partial charge in [-0.25, -0.2) is 0 Å². The number of piperidine rings is 1. The van der Waals surface area contributed by atoms with Crippen LogP contribution in [0.5, 0.6) is 0 Å². The maximum absolute atomic E-state index is 5.75. The van der Waals surface area contributed by atoms with Crippen LogP contribution < -0.4 is 10.6 Å². The molecule has 0 saturated carbocycles. The molecule has 0 aromatic heterocycles. The topological polar surface area (TPSA) is 29.3 Å². The molecule has 2 aliphatic heterocycles. The number of nitrogens with zero attached hydrogens (tertiary/aromatic N) is 1. The van der Waals surface area contributed by atoms with Gasteiger partial charge in [0.05, 0.1) is 0 Å². The van der Waals surface area contributed by atoms with Crippen LogP contribution in [0.1, 0.15) is 44.6 Å². The maximum Gasteiger partial charge on any atom is 0.0403 e. The monoisotopic (exact) mass is 258 g/mol. The molecule has 2 bridgehead atoms. The Balaban J connectivity index is 1.83. The fourth-order valence-electron chi connectivity index (χ4n) is 4.22. The summed E-state index contributed by atoms with van der Waals surface area (Å²) in [6.45, 7) is 3.12. The number of hydrogen-bond donors (Lipinski definition) is 1. The van der Waals surface area contributed by atoms with Crippen LogP contribution in [0, 0.1) is 5.92 Å². The molecule has 0 spiro atoms. The SMILES string of the molecule is CCc1ccccc1N1C2CCC1CC(CCN)C2. The Morgan fingerprint density at radius 3 is 2.47 bits per heavy atom. The number of aryl methyl sites for hydroxylation is 1. The van der Waals surface area contributed by atoms with Gasteiger partial charge in [0.15, 0.2) is 0 Å². The van der Waals surface area contributed by atoms with E-state index in [1.165, 1.54) is 43.4 Å². The predicted octanol–water partition coefficient (Wildman–Crippen LogP) is 3.35. The van der Waals surface area contributed by atoms with Crippen molar-refractivity contribution in [3.05, 3.63) is 29.8 Å². The number of anilines is 1. The largest absolute Gasteiger partial charge is 0.365 e. The van der Waals surface area contributed by atoms with E-state index in [0.29, 0.717) is 0 Å². The van der Waals surface area contributed by atoms with E-state index in [1.807, 2.05) is 0 Å². The van der Waals surface area contributed by atoms with E-state index in [-0.39, 0.29) is 0 Å². The van der Waals surface area contributed by atoms with Crippen molar-refractivity contribution < 1.29 is 0 Å². The summed E-state index contributed by atoms with van der Waals surface area (Å²) in [6.07, 6.45) is 7.82. The minimum absolute atomic E-state index is 0.767. The first-order valence-electron chi connectivity index (χ1n) is 7.89. The van der Waals surface area contributed by atoms with Crippen LogP contribution in [0.4, 0.5) is 5.69 Å². The molecule has 3 rings (SSSR count). The van der Waals surface area contributed by atoms with Gasteiger partial charge in [0.1, 0.15) is 0 Å². The third-order valence-corrected chi connectivity index (χ3v) is 5.06. The molecule has 0 aliphatic carbocycles. The van der Waals surface area contributed by atoms with Crippen molar-refractivity contribution in [2.45, 2.75) is 57.5 Å². The molecule has 104 valence electrons. The molecule has 1 aromatic carbocycles. The lowest BCUT2D eigenvalue weighted by atomic mass is 9.87. The molecule has 0 radical (unpaired) electrons. The van der Waals surface area contributed by atoms with E-state index < -0.39 is 0 Å². The molecule has 2 unspecified atom stereocenters. The van der Waals surface area contributed by atoms with Crippen molar-refractivity contribution in [1.29, 1.82) is 0 Å². The average molecular weight is 258 g/mol. The van der Waals surface area contributed by atoms with Crippen molar-refractivity contribution in [1.82, 2.24) is 0 Å². The number of rotatable bonds is 4. The van der Waals surface area contributed by atoms with Gasteiger partial charge in [-0.1, -0.05) is 25.1 Å². The van der Waals surface area contributed by atoms with Crippen LogP contribution in [0.15, 0.2) is 24.3 Å². The van der Waals surface area contributed by atoms with Crippen molar-refractivity contribution in [2.24, 2.45) is 11.7 Å². The van der Waals surface area contributed by atoms with E-state index in [2.05, 4.69) is 36.1 Å². The molecule has 1 aromatic rings. The first-order valence-corrected chi connectivity index (χ1v) is 7.89. The van der Waals surface area contributed by atoms with Gasteiger partial charge in [-0.05, 0) is 62.6 Å². The van der Waals surface area contributed by atoms with Gasteiger partial charge in [0.2, 0.25) is 0 Å². The van der Waals surface area contributed by atoms with Crippen LogP contribution >= 0.6 is 0 Å². The van der Waals surface area contributed by atoms with Gasteiger partial charge in [-0.15, -0.1) is 0 Å². The average Bonchev–Trinajstić information content (AvgIpc) is 2.70. The molecule has 2 heteroatoms. The molecule has 2 heterocycles. The van der Waals surface area contributed by atoms with E-state index in [0.717, 1.165) is 31.0 Å². The lowest BCUT2D eigenvalue weighted by Crippen LogP contribution is -2.43. The van der Waals surface area contributed by atoms with Gasteiger partial charge in [0, 0.05) is 17.8 Å². The quantitative estimate of drug-likeness (QED) is 0.897. The fourth-order valence-corrected chi connectivity index (χ4v) is 4.22. The van der Waals surface area contributed by atoms with E-state index in [4.69, 9.17) is 5.73 Å². The molecular weight excluding hydrogens is 232 g/mol. The second-order valence-electron chi connectivity index (χ2n) is 6.19. The highest BCUT2D eigenvalue weighted by Crippen LogP contribution is 2.43. The van der Waals surface area contributed by atoms with Crippen LogP contribution in [0.25, 0.3) is 0 Å². The molecule has 2 saturated heterocycles. The van der Waals surface area contributed by atoms with Crippen molar-refractivity contribution in [3.63, 3.8) is 0 Å². The number of benzene rings is 1.